The van der Waals surface area contributed by atoms with Crippen LogP contribution in [0.25, 0.3) is 11.0 Å². The SMILES string of the molecule is COc1cccc(C=NNC(=O)CSc2nc3ccccc3n2Cc2ccc(C)cc2)c1O. The predicted molar refractivity (Wildman–Crippen MR) is 131 cm³/mol. The summed E-state index contributed by atoms with van der Waals surface area (Å²) in [6.45, 7) is 2.73. The van der Waals surface area contributed by atoms with Gasteiger partial charge < -0.3 is 14.4 Å². The van der Waals surface area contributed by atoms with Gasteiger partial charge in [-0.25, -0.2) is 10.4 Å². The van der Waals surface area contributed by atoms with Gasteiger partial charge in [0.2, 0.25) is 0 Å². The molecule has 0 radical (unpaired) electrons. The van der Waals surface area contributed by atoms with E-state index in [0.717, 1.165) is 21.8 Å². The summed E-state index contributed by atoms with van der Waals surface area (Å²) in [6, 6.07) is 21.4. The number of nitrogens with one attached hydrogen (secondary N) is 1. The summed E-state index contributed by atoms with van der Waals surface area (Å²) in [4.78, 5) is 17.1. The molecule has 1 aromatic heterocycles. The van der Waals surface area contributed by atoms with Crippen molar-refractivity contribution in [2.24, 2.45) is 5.10 Å². The third-order valence-electron chi connectivity index (χ3n) is 5.06. The first-order valence-electron chi connectivity index (χ1n) is 10.4. The lowest BCUT2D eigenvalue weighted by Crippen LogP contribution is -2.20. The molecule has 8 heteroatoms. The minimum Gasteiger partial charge on any atom is -0.504 e. The molecule has 0 atom stereocenters. The zero-order chi connectivity index (χ0) is 23.2. The quantitative estimate of drug-likeness (QED) is 0.232. The molecule has 1 amide bonds. The molecule has 0 aliphatic rings. The second kappa shape index (κ2) is 10.2. The highest BCUT2D eigenvalue weighted by atomic mass is 32.2. The molecule has 0 spiro atoms. The van der Waals surface area contributed by atoms with E-state index in [4.69, 9.17) is 9.72 Å². The Balaban J connectivity index is 1.44. The molecule has 4 aromatic rings. The molecule has 3 aromatic carbocycles. The number of aryl methyl sites for hydroxylation is 1. The van der Waals surface area contributed by atoms with E-state index in [2.05, 4.69) is 46.3 Å². The Morgan fingerprint density at radius 2 is 1.94 bits per heavy atom. The van der Waals surface area contributed by atoms with Gasteiger partial charge >= 0.3 is 0 Å². The molecule has 0 saturated heterocycles. The first-order chi connectivity index (χ1) is 16.0. The summed E-state index contributed by atoms with van der Waals surface area (Å²) < 4.78 is 7.19. The van der Waals surface area contributed by atoms with E-state index in [1.165, 1.54) is 30.6 Å². The van der Waals surface area contributed by atoms with Gasteiger partial charge in [-0.15, -0.1) is 0 Å². The number of aromatic hydroxyl groups is 1. The molecule has 0 unspecified atom stereocenters. The van der Waals surface area contributed by atoms with Crippen molar-refractivity contribution in [3.63, 3.8) is 0 Å². The Morgan fingerprint density at radius 3 is 2.73 bits per heavy atom. The number of amides is 1. The molecule has 0 aliphatic heterocycles. The van der Waals surface area contributed by atoms with E-state index in [-0.39, 0.29) is 17.4 Å². The van der Waals surface area contributed by atoms with Crippen molar-refractivity contribution >= 4 is 34.9 Å². The molecular formula is C25H24N4O3S. The number of hydrogen-bond acceptors (Lipinski definition) is 6. The average molecular weight is 461 g/mol. The second-order valence-corrected chi connectivity index (χ2v) is 8.38. The Hall–Kier alpha value is -3.78. The van der Waals surface area contributed by atoms with Crippen LogP contribution in [0.4, 0.5) is 0 Å². The maximum atomic E-state index is 12.4. The molecule has 33 heavy (non-hydrogen) atoms. The maximum absolute atomic E-state index is 12.4. The molecule has 0 fully saturated rings. The number of rotatable bonds is 8. The standard InChI is InChI=1S/C25H24N4O3S/c1-17-10-12-18(13-11-17)15-29-21-8-4-3-7-20(21)27-25(29)33-16-23(30)28-26-14-19-6-5-9-22(32-2)24(19)31/h3-14,31H,15-16H2,1-2H3,(H,28,30). The van der Waals surface area contributed by atoms with Crippen molar-refractivity contribution in [1.82, 2.24) is 15.0 Å². The van der Waals surface area contributed by atoms with E-state index in [1.54, 1.807) is 18.2 Å². The first kappa shape index (κ1) is 22.4. The van der Waals surface area contributed by atoms with E-state index in [9.17, 15) is 9.90 Å². The van der Waals surface area contributed by atoms with Crippen LogP contribution in [0.15, 0.2) is 77.0 Å². The lowest BCUT2D eigenvalue weighted by atomic mass is 10.1. The Bertz CT molecular complexity index is 1300. The van der Waals surface area contributed by atoms with Crippen LogP contribution in [0, 0.1) is 6.92 Å². The smallest absolute Gasteiger partial charge is 0.250 e. The number of nitrogens with zero attached hydrogens (tertiary/aromatic N) is 3. The molecule has 2 N–H and O–H groups in total. The van der Waals surface area contributed by atoms with E-state index in [1.807, 2.05) is 24.3 Å². The largest absolute Gasteiger partial charge is 0.504 e. The van der Waals surface area contributed by atoms with Gasteiger partial charge in [0, 0.05) is 5.56 Å². The van der Waals surface area contributed by atoms with Crippen LogP contribution < -0.4 is 10.2 Å². The normalized spacial score (nSPS) is 11.2. The van der Waals surface area contributed by atoms with Crippen molar-refractivity contribution in [2.75, 3.05) is 12.9 Å². The molecule has 1 heterocycles. The van der Waals surface area contributed by atoms with E-state index in [0.29, 0.717) is 17.9 Å². The van der Waals surface area contributed by atoms with Gasteiger partial charge in [0.05, 0.1) is 36.7 Å². The predicted octanol–water partition coefficient (Wildman–Crippen LogP) is 4.35. The number of fused-ring (bicyclic) bond motifs is 1. The topological polar surface area (TPSA) is 88.7 Å². The van der Waals surface area contributed by atoms with Crippen LogP contribution in [0.5, 0.6) is 11.5 Å². The Morgan fingerprint density at radius 1 is 1.15 bits per heavy atom. The minimum atomic E-state index is -0.271. The number of phenols is 1. The van der Waals surface area contributed by atoms with Crippen LogP contribution in [0.1, 0.15) is 16.7 Å². The Labute approximate surface area is 196 Å². The van der Waals surface area contributed by atoms with Crippen LogP contribution in [0.2, 0.25) is 0 Å². The van der Waals surface area contributed by atoms with Gasteiger partial charge in [0.25, 0.3) is 5.91 Å². The van der Waals surface area contributed by atoms with Crippen molar-refractivity contribution in [2.45, 2.75) is 18.6 Å². The summed E-state index contributed by atoms with van der Waals surface area (Å²) in [5, 5.41) is 14.8. The zero-order valence-electron chi connectivity index (χ0n) is 18.4. The monoisotopic (exact) mass is 460 g/mol. The number of carbonyl (C=O) groups is 1. The van der Waals surface area contributed by atoms with Crippen molar-refractivity contribution in [3.05, 3.63) is 83.4 Å². The van der Waals surface area contributed by atoms with Crippen LogP contribution in [-0.4, -0.2) is 39.6 Å². The number of aromatic nitrogens is 2. The fourth-order valence-corrected chi connectivity index (χ4v) is 4.14. The number of benzene rings is 3. The Kier molecular flexibility index (Phi) is 6.95. The first-order valence-corrected chi connectivity index (χ1v) is 11.3. The summed E-state index contributed by atoms with van der Waals surface area (Å²) in [6.07, 6.45) is 1.38. The van der Waals surface area contributed by atoms with Crippen LogP contribution in [0.3, 0.4) is 0 Å². The van der Waals surface area contributed by atoms with E-state index >= 15 is 0 Å². The van der Waals surface area contributed by atoms with Gasteiger partial charge in [-0.3, -0.25) is 4.79 Å². The highest BCUT2D eigenvalue weighted by Gasteiger charge is 2.13. The zero-order valence-corrected chi connectivity index (χ0v) is 19.2. The van der Waals surface area contributed by atoms with Crippen LogP contribution in [-0.2, 0) is 11.3 Å². The second-order valence-electron chi connectivity index (χ2n) is 7.43. The third kappa shape index (κ3) is 5.35. The number of para-hydroxylation sites is 3. The van der Waals surface area contributed by atoms with Gasteiger partial charge in [-0.2, -0.15) is 5.10 Å². The fraction of sp³-hybridized carbons (Fsp3) is 0.160. The number of phenolic OH excluding ortho intramolecular Hbond substituents is 1. The number of hydrazone groups is 1. The van der Waals surface area contributed by atoms with Crippen LogP contribution >= 0.6 is 11.8 Å². The van der Waals surface area contributed by atoms with Gasteiger partial charge in [-0.05, 0) is 36.8 Å². The van der Waals surface area contributed by atoms with Crippen molar-refractivity contribution in [1.29, 1.82) is 0 Å². The molecule has 7 nitrogen and oxygen atoms in total. The summed E-state index contributed by atoms with van der Waals surface area (Å²) in [7, 11) is 1.47. The molecule has 168 valence electrons. The fourth-order valence-electron chi connectivity index (χ4n) is 3.34. The highest BCUT2D eigenvalue weighted by Crippen LogP contribution is 2.28. The molecule has 4 rings (SSSR count). The number of hydrogen-bond donors (Lipinski definition) is 2. The molecular weight excluding hydrogens is 436 g/mol. The highest BCUT2D eigenvalue weighted by molar-refractivity contribution is 7.99. The molecule has 0 saturated carbocycles. The number of methoxy groups -OCH3 is 1. The summed E-state index contributed by atoms with van der Waals surface area (Å²) >= 11 is 1.36. The number of ether oxygens (including phenoxy) is 1. The van der Waals surface area contributed by atoms with Gasteiger partial charge in [-0.1, -0.05) is 59.8 Å². The summed E-state index contributed by atoms with van der Waals surface area (Å²) in [5.74, 6) is 0.191. The van der Waals surface area contributed by atoms with Gasteiger partial charge in [0.15, 0.2) is 16.7 Å². The lowest BCUT2D eigenvalue weighted by molar-refractivity contribution is -0.118. The van der Waals surface area contributed by atoms with E-state index < -0.39 is 0 Å². The third-order valence-corrected chi connectivity index (χ3v) is 6.03. The lowest BCUT2D eigenvalue weighted by Gasteiger charge is -2.09. The number of thioether (sulfide) groups is 1. The average Bonchev–Trinajstić information content (AvgIpc) is 3.17. The molecule has 0 bridgehead atoms. The summed E-state index contributed by atoms with van der Waals surface area (Å²) in [5.41, 5.74) is 7.23. The maximum Gasteiger partial charge on any atom is 0.250 e. The number of imidazole rings is 1. The minimum absolute atomic E-state index is 0.0304. The molecule has 0 aliphatic carbocycles. The number of carbonyl (C=O) groups excluding carboxylic acids is 1. The van der Waals surface area contributed by atoms with Crippen molar-refractivity contribution < 1.29 is 14.6 Å². The van der Waals surface area contributed by atoms with Gasteiger partial charge in [0.1, 0.15) is 0 Å². The van der Waals surface area contributed by atoms with Crippen molar-refractivity contribution in [3.8, 4) is 11.5 Å².